The Morgan fingerprint density at radius 3 is 2.95 bits per heavy atom. The first-order valence-electron chi connectivity index (χ1n) is 6.68. The Hall–Kier alpha value is -2.15. The van der Waals surface area contributed by atoms with E-state index in [-0.39, 0.29) is 18.4 Å². The topological polar surface area (TPSA) is 91.3 Å². The van der Waals surface area contributed by atoms with Crippen LogP contribution in [0.3, 0.4) is 0 Å². The lowest BCUT2D eigenvalue weighted by Gasteiger charge is -2.14. The van der Waals surface area contributed by atoms with Crippen LogP contribution in [0.1, 0.15) is 19.8 Å². The highest BCUT2D eigenvalue weighted by Crippen LogP contribution is 2.21. The normalized spacial score (nSPS) is 12.0. The van der Waals surface area contributed by atoms with E-state index in [0.29, 0.717) is 18.7 Å². The summed E-state index contributed by atoms with van der Waals surface area (Å²) in [5, 5.41) is 14.2. The highest BCUT2D eigenvalue weighted by molar-refractivity contribution is 7.16. The van der Waals surface area contributed by atoms with Gasteiger partial charge in [-0.05, 0) is 24.1 Å². The zero-order chi connectivity index (χ0) is 15.2. The van der Waals surface area contributed by atoms with Crippen molar-refractivity contribution in [2.75, 3.05) is 11.9 Å². The quantitative estimate of drug-likeness (QED) is 0.765. The molecule has 0 aliphatic rings. The molecule has 21 heavy (non-hydrogen) atoms. The Morgan fingerprint density at radius 2 is 2.24 bits per heavy atom. The Labute approximate surface area is 126 Å². The molecular weight excluding hydrogens is 290 g/mol. The van der Waals surface area contributed by atoms with Gasteiger partial charge in [-0.1, -0.05) is 13.3 Å². The van der Waals surface area contributed by atoms with E-state index in [4.69, 9.17) is 5.11 Å². The second kappa shape index (κ2) is 7.03. The molecule has 1 atom stereocenters. The summed E-state index contributed by atoms with van der Waals surface area (Å²) in [4.78, 5) is 26.7. The molecule has 2 aromatic rings. The van der Waals surface area contributed by atoms with Crippen LogP contribution in [-0.2, 0) is 4.79 Å². The van der Waals surface area contributed by atoms with Gasteiger partial charge in [0.05, 0.1) is 15.7 Å². The largest absolute Gasteiger partial charge is 0.481 e. The fourth-order valence-corrected chi connectivity index (χ4v) is 2.67. The number of anilines is 1. The molecule has 0 aliphatic heterocycles. The first-order valence-corrected chi connectivity index (χ1v) is 7.56. The number of hydrogen-bond donors (Lipinski definition) is 3. The van der Waals surface area contributed by atoms with Crippen molar-refractivity contribution in [1.29, 1.82) is 0 Å². The number of carbonyl (C=O) groups excluding carboxylic acids is 1. The van der Waals surface area contributed by atoms with Crippen molar-refractivity contribution >= 4 is 39.2 Å². The predicted molar refractivity (Wildman–Crippen MR) is 82.7 cm³/mol. The van der Waals surface area contributed by atoms with Crippen molar-refractivity contribution in [3.05, 3.63) is 23.7 Å². The molecular formula is C14H17N3O3S. The molecule has 1 aromatic carbocycles. The van der Waals surface area contributed by atoms with Crippen molar-refractivity contribution in [3.63, 3.8) is 0 Å². The van der Waals surface area contributed by atoms with E-state index in [9.17, 15) is 9.59 Å². The van der Waals surface area contributed by atoms with Crippen LogP contribution in [-0.4, -0.2) is 28.6 Å². The molecule has 2 rings (SSSR count). The molecule has 0 spiro atoms. The van der Waals surface area contributed by atoms with Gasteiger partial charge >= 0.3 is 12.0 Å². The lowest BCUT2D eigenvalue weighted by molar-refractivity contribution is -0.138. The van der Waals surface area contributed by atoms with Crippen LogP contribution in [0.25, 0.3) is 10.2 Å². The number of urea groups is 1. The number of carboxylic acids is 1. The minimum atomic E-state index is -0.847. The van der Waals surface area contributed by atoms with E-state index in [2.05, 4.69) is 15.6 Å². The maximum absolute atomic E-state index is 11.8. The Bertz CT molecular complexity index is 641. The third-order valence-corrected chi connectivity index (χ3v) is 3.97. The molecule has 6 nitrogen and oxygen atoms in total. The standard InChI is InChI=1S/C14H17N3O3S/c1-2-9(5-13(18)19)7-15-14(20)17-10-3-4-11-12(6-10)21-8-16-11/h3-4,6,8-9H,2,5,7H2,1H3,(H,18,19)(H2,15,17,20). The van der Waals surface area contributed by atoms with E-state index in [1.165, 1.54) is 11.3 Å². The van der Waals surface area contributed by atoms with E-state index < -0.39 is 5.97 Å². The van der Waals surface area contributed by atoms with E-state index in [0.717, 1.165) is 10.2 Å². The molecule has 0 aliphatic carbocycles. The molecule has 1 unspecified atom stereocenters. The number of aliphatic carboxylic acids is 1. The maximum Gasteiger partial charge on any atom is 0.319 e. The molecule has 3 N–H and O–H groups in total. The van der Waals surface area contributed by atoms with Crippen LogP contribution < -0.4 is 10.6 Å². The van der Waals surface area contributed by atoms with Gasteiger partial charge in [0, 0.05) is 18.7 Å². The third-order valence-electron chi connectivity index (χ3n) is 3.18. The number of nitrogens with zero attached hydrogens (tertiary/aromatic N) is 1. The minimum absolute atomic E-state index is 0.0581. The van der Waals surface area contributed by atoms with Gasteiger partial charge in [0.1, 0.15) is 0 Å². The molecule has 2 amide bonds. The summed E-state index contributed by atoms with van der Waals surface area (Å²) < 4.78 is 1.00. The van der Waals surface area contributed by atoms with Gasteiger partial charge in [-0.15, -0.1) is 11.3 Å². The van der Waals surface area contributed by atoms with E-state index in [1.54, 1.807) is 11.6 Å². The van der Waals surface area contributed by atoms with Crippen LogP contribution in [0.15, 0.2) is 23.7 Å². The van der Waals surface area contributed by atoms with Crippen molar-refractivity contribution < 1.29 is 14.7 Å². The molecule has 0 fully saturated rings. The second-order valence-corrected chi connectivity index (χ2v) is 5.63. The number of carboxylic acid groups (broad SMARTS) is 1. The first-order chi connectivity index (χ1) is 10.1. The van der Waals surface area contributed by atoms with Crippen molar-refractivity contribution in [3.8, 4) is 0 Å². The number of amides is 2. The monoisotopic (exact) mass is 307 g/mol. The number of thiazole rings is 1. The number of nitrogens with one attached hydrogen (secondary N) is 2. The summed E-state index contributed by atoms with van der Waals surface area (Å²) in [5.41, 5.74) is 3.35. The molecule has 0 bridgehead atoms. The maximum atomic E-state index is 11.8. The predicted octanol–water partition coefficient (Wildman–Crippen LogP) is 2.92. The Kier molecular flexibility index (Phi) is 5.10. The van der Waals surface area contributed by atoms with Crippen LogP contribution in [0.2, 0.25) is 0 Å². The summed E-state index contributed by atoms with van der Waals surface area (Å²) in [6, 6.07) is 5.17. The first kappa shape index (κ1) is 15.2. The number of carbonyl (C=O) groups is 2. The highest BCUT2D eigenvalue weighted by atomic mass is 32.1. The summed E-state index contributed by atoms with van der Waals surface area (Å²) in [6.45, 7) is 2.25. The Balaban J connectivity index is 1.87. The number of hydrogen-bond acceptors (Lipinski definition) is 4. The van der Waals surface area contributed by atoms with E-state index in [1.807, 2.05) is 19.1 Å². The van der Waals surface area contributed by atoms with Crippen LogP contribution in [0.4, 0.5) is 10.5 Å². The molecule has 112 valence electrons. The zero-order valence-corrected chi connectivity index (χ0v) is 12.4. The summed E-state index contributed by atoms with van der Waals surface area (Å²) >= 11 is 1.51. The SMILES string of the molecule is CCC(CNC(=O)Nc1ccc2ncsc2c1)CC(=O)O. The average molecular weight is 307 g/mol. The third kappa shape index (κ3) is 4.42. The van der Waals surface area contributed by atoms with Crippen LogP contribution in [0.5, 0.6) is 0 Å². The van der Waals surface area contributed by atoms with Crippen LogP contribution >= 0.6 is 11.3 Å². The van der Waals surface area contributed by atoms with Gasteiger partial charge in [0.2, 0.25) is 0 Å². The molecule has 0 saturated carbocycles. The highest BCUT2D eigenvalue weighted by Gasteiger charge is 2.12. The zero-order valence-electron chi connectivity index (χ0n) is 11.6. The molecule has 7 heteroatoms. The summed E-state index contributed by atoms with van der Waals surface area (Å²) in [5.74, 6) is -0.906. The van der Waals surface area contributed by atoms with Gasteiger partial charge in [-0.3, -0.25) is 4.79 Å². The van der Waals surface area contributed by atoms with Crippen molar-refractivity contribution in [2.24, 2.45) is 5.92 Å². The molecule has 0 saturated heterocycles. The smallest absolute Gasteiger partial charge is 0.319 e. The lowest BCUT2D eigenvalue weighted by Crippen LogP contribution is -2.33. The van der Waals surface area contributed by atoms with Gasteiger partial charge in [-0.25, -0.2) is 9.78 Å². The fourth-order valence-electron chi connectivity index (χ4n) is 1.95. The Morgan fingerprint density at radius 1 is 1.43 bits per heavy atom. The van der Waals surface area contributed by atoms with Crippen molar-refractivity contribution in [2.45, 2.75) is 19.8 Å². The summed E-state index contributed by atoms with van der Waals surface area (Å²) in [6.07, 6.45) is 0.767. The van der Waals surface area contributed by atoms with Crippen LogP contribution in [0, 0.1) is 5.92 Å². The molecule has 0 radical (unpaired) electrons. The molecule has 1 heterocycles. The number of benzene rings is 1. The summed E-state index contributed by atoms with van der Waals surface area (Å²) in [7, 11) is 0. The number of aromatic nitrogens is 1. The minimum Gasteiger partial charge on any atom is -0.481 e. The second-order valence-electron chi connectivity index (χ2n) is 4.74. The fraction of sp³-hybridized carbons (Fsp3) is 0.357. The van der Waals surface area contributed by atoms with Gasteiger partial charge in [0.15, 0.2) is 0 Å². The number of fused-ring (bicyclic) bond motifs is 1. The van der Waals surface area contributed by atoms with Crippen molar-refractivity contribution in [1.82, 2.24) is 10.3 Å². The number of rotatable bonds is 6. The lowest BCUT2D eigenvalue weighted by atomic mass is 10.0. The van der Waals surface area contributed by atoms with Gasteiger partial charge in [-0.2, -0.15) is 0 Å². The van der Waals surface area contributed by atoms with Gasteiger partial charge < -0.3 is 15.7 Å². The average Bonchev–Trinajstić information content (AvgIpc) is 2.90. The van der Waals surface area contributed by atoms with Gasteiger partial charge in [0.25, 0.3) is 0 Å². The molecule has 1 aromatic heterocycles. The van der Waals surface area contributed by atoms with E-state index >= 15 is 0 Å².